The molecular formula is C15H15B. The summed E-state index contributed by atoms with van der Waals surface area (Å²) in [4.78, 5) is 0. The van der Waals surface area contributed by atoms with Crippen LogP contribution in [0.1, 0.15) is 16.7 Å². The van der Waals surface area contributed by atoms with E-state index in [1.54, 1.807) is 0 Å². The van der Waals surface area contributed by atoms with Gasteiger partial charge in [0.15, 0.2) is 0 Å². The molecule has 1 heteroatoms. The second-order valence-corrected chi connectivity index (χ2v) is 4.09. The molecule has 1 aromatic carbocycles. The van der Waals surface area contributed by atoms with Crippen LogP contribution in [0.5, 0.6) is 0 Å². The molecule has 0 spiro atoms. The molecule has 1 heterocycles. The van der Waals surface area contributed by atoms with Gasteiger partial charge in [0.05, 0.1) is 0 Å². The van der Waals surface area contributed by atoms with Crippen molar-refractivity contribution in [3.63, 3.8) is 0 Å². The Hall–Kier alpha value is -1.63. The quantitative estimate of drug-likeness (QED) is 0.697. The predicted octanol–water partition coefficient (Wildman–Crippen LogP) is 3.95. The first-order chi connectivity index (χ1) is 7.72. The van der Waals surface area contributed by atoms with Gasteiger partial charge in [0.25, 0.3) is 0 Å². The maximum absolute atomic E-state index is 3.86. The van der Waals surface area contributed by atoms with Gasteiger partial charge in [0.1, 0.15) is 0 Å². The van der Waals surface area contributed by atoms with Gasteiger partial charge in [-0.1, -0.05) is 0 Å². The molecule has 0 N–H and O–H groups in total. The normalized spacial score (nSPS) is 9.88. The van der Waals surface area contributed by atoms with E-state index in [0.29, 0.717) is 0 Å². The molecule has 0 amide bonds. The Bertz CT molecular complexity index is 489. The van der Waals surface area contributed by atoms with Crippen LogP contribution in [0.2, 0.25) is 0 Å². The average molecular weight is 206 g/mol. The molecule has 16 heavy (non-hydrogen) atoms. The van der Waals surface area contributed by atoms with Gasteiger partial charge in [-0.15, -0.1) is 0 Å². The molecule has 0 nitrogen and oxygen atoms in total. The van der Waals surface area contributed by atoms with Crippen molar-refractivity contribution in [2.75, 3.05) is 0 Å². The van der Waals surface area contributed by atoms with Crippen LogP contribution in [0.4, 0.5) is 0 Å². The molecule has 0 aliphatic carbocycles. The van der Waals surface area contributed by atoms with Crippen LogP contribution in [0, 0.1) is 13.8 Å². The number of rotatable bonds is 2. The number of aryl methyl sites for hydroxylation is 2. The van der Waals surface area contributed by atoms with E-state index in [0.717, 1.165) is 0 Å². The molecule has 0 bridgehead atoms. The van der Waals surface area contributed by atoms with Crippen molar-refractivity contribution in [3.05, 3.63) is 59.6 Å². The van der Waals surface area contributed by atoms with Crippen LogP contribution in [-0.4, -0.2) is 6.91 Å². The van der Waals surface area contributed by atoms with Crippen molar-refractivity contribution in [2.45, 2.75) is 13.8 Å². The molecule has 2 rings (SSSR count). The number of hydrogen-bond acceptors (Lipinski definition) is 0. The topological polar surface area (TPSA) is 0 Å². The van der Waals surface area contributed by atoms with E-state index in [4.69, 9.17) is 0 Å². The predicted molar refractivity (Wildman–Crippen MR) is 72.8 cm³/mol. The fraction of sp³-hybridized carbons (Fsp3) is 0.133. The monoisotopic (exact) mass is 206 g/mol. The molecule has 0 saturated heterocycles. The average Bonchev–Trinajstić information content (AvgIpc) is 2.30. The summed E-state index contributed by atoms with van der Waals surface area (Å²) >= 11 is 0. The Morgan fingerprint density at radius 1 is 1.12 bits per heavy atom. The van der Waals surface area contributed by atoms with Gasteiger partial charge in [0.2, 0.25) is 0 Å². The second-order valence-electron chi connectivity index (χ2n) is 4.09. The van der Waals surface area contributed by atoms with E-state index in [1.165, 1.54) is 27.7 Å². The van der Waals surface area contributed by atoms with E-state index in [2.05, 4.69) is 57.6 Å². The van der Waals surface area contributed by atoms with Gasteiger partial charge in [-0.05, 0) is 0 Å². The molecule has 2 aromatic rings. The van der Waals surface area contributed by atoms with Gasteiger partial charge in [-0.25, -0.2) is 0 Å². The zero-order valence-corrected chi connectivity index (χ0v) is 9.83. The standard InChI is InChI=1S/C15H15B/c1-4-14-11(2)9-13(10-12(14)3)15-7-5-6-8-16-15/h4-10H,1H2,2-3H3. The summed E-state index contributed by atoms with van der Waals surface area (Å²) in [7, 11) is 0. The molecule has 0 radical (unpaired) electrons. The minimum absolute atomic E-state index is 1.25. The third-order valence-corrected chi connectivity index (χ3v) is 2.90. The molecule has 0 unspecified atom stereocenters. The Morgan fingerprint density at radius 2 is 1.81 bits per heavy atom. The molecule has 1 aromatic heterocycles. The summed E-state index contributed by atoms with van der Waals surface area (Å²) in [6.45, 7) is 10.3. The summed E-state index contributed by atoms with van der Waals surface area (Å²) in [5.41, 5.74) is 6.37. The third kappa shape index (κ3) is 1.99. The van der Waals surface area contributed by atoms with E-state index >= 15 is 0 Å². The molecule has 78 valence electrons. The van der Waals surface area contributed by atoms with E-state index in [-0.39, 0.29) is 0 Å². The van der Waals surface area contributed by atoms with Crippen LogP contribution in [0.15, 0.2) is 42.9 Å². The van der Waals surface area contributed by atoms with Gasteiger partial charge in [0, 0.05) is 0 Å². The Balaban J connectivity index is 2.57. The van der Waals surface area contributed by atoms with Crippen LogP contribution in [0.25, 0.3) is 17.1 Å². The minimum atomic E-state index is 1.25. The second kappa shape index (κ2) is 4.48. The van der Waals surface area contributed by atoms with Crippen LogP contribution in [0.3, 0.4) is 0 Å². The van der Waals surface area contributed by atoms with Crippen LogP contribution >= 0.6 is 0 Å². The zero-order chi connectivity index (χ0) is 11.5. The van der Waals surface area contributed by atoms with Gasteiger partial charge in [-0.3, -0.25) is 0 Å². The molecule has 0 aliphatic rings. The van der Waals surface area contributed by atoms with Crippen molar-refractivity contribution in [2.24, 2.45) is 0 Å². The fourth-order valence-corrected chi connectivity index (χ4v) is 2.09. The molecule has 0 atom stereocenters. The summed E-state index contributed by atoms with van der Waals surface area (Å²) in [5.74, 6) is 2.07. The first-order valence-corrected chi connectivity index (χ1v) is 5.51. The van der Waals surface area contributed by atoms with Gasteiger partial charge < -0.3 is 0 Å². The molecular weight excluding hydrogens is 191 g/mol. The maximum atomic E-state index is 3.86. The summed E-state index contributed by atoms with van der Waals surface area (Å²) in [6, 6.07) is 10.7. The molecule has 0 fully saturated rings. The first kappa shape index (κ1) is 10.9. The number of benzene rings is 1. The van der Waals surface area contributed by atoms with Crippen molar-refractivity contribution >= 4 is 13.0 Å². The van der Waals surface area contributed by atoms with E-state index < -0.39 is 0 Å². The van der Waals surface area contributed by atoms with Crippen molar-refractivity contribution < 1.29 is 0 Å². The van der Waals surface area contributed by atoms with Gasteiger partial charge >= 0.3 is 97.4 Å². The van der Waals surface area contributed by atoms with Gasteiger partial charge in [-0.2, -0.15) is 0 Å². The Labute approximate surface area is 97.9 Å². The Kier molecular flexibility index (Phi) is 3.05. The number of hydrogen-bond donors (Lipinski definition) is 0. The van der Waals surface area contributed by atoms with Crippen LogP contribution < -0.4 is 0 Å². The van der Waals surface area contributed by atoms with Crippen LogP contribution in [-0.2, 0) is 0 Å². The van der Waals surface area contributed by atoms with Crippen molar-refractivity contribution in [1.82, 2.24) is 0 Å². The molecule has 0 aliphatic heterocycles. The third-order valence-electron chi connectivity index (χ3n) is 2.90. The first-order valence-electron chi connectivity index (χ1n) is 5.51. The van der Waals surface area contributed by atoms with E-state index in [9.17, 15) is 0 Å². The van der Waals surface area contributed by atoms with Crippen molar-refractivity contribution in [3.8, 4) is 11.0 Å². The zero-order valence-electron chi connectivity index (χ0n) is 9.83. The fourth-order valence-electron chi connectivity index (χ4n) is 2.09. The summed E-state index contributed by atoms with van der Waals surface area (Å²) in [5, 5.41) is 0. The SMILES string of the molecule is C=Cc1c(C)cc(-c2bcccc2)cc1C. The van der Waals surface area contributed by atoms with Crippen molar-refractivity contribution in [1.29, 1.82) is 0 Å². The summed E-state index contributed by atoms with van der Waals surface area (Å²) < 4.78 is 0. The van der Waals surface area contributed by atoms with E-state index in [1.807, 2.05) is 12.1 Å². The summed E-state index contributed by atoms with van der Waals surface area (Å²) in [6.07, 6.45) is 1.93. The Morgan fingerprint density at radius 3 is 2.31 bits per heavy atom. The molecule has 0 saturated carbocycles.